The maximum Gasteiger partial charge on any atom is 0.257 e. The Morgan fingerprint density at radius 1 is 1.10 bits per heavy atom. The molecule has 1 atom stereocenters. The van der Waals surface area contributed by atoms with Crippen LogP contribution in [0.3, 0.4) is 0 Å². The predicted octanol–water partition coefficient (Wildman–Crippen LogP) is 5.47. The molecule has 1 fully saturated rings. The number of anilines is 3. The third-order valence-electron chi connectivity index (χ3n) is 7.11. The third-order valence-corrected chi connectivity index (χ3v) is 7.11. The number of nitriles is 1. The third kappa shape index (κ3) is 5.20. The van der Waals surface area contributed by atoms with Crippen LogP contribution in [0.25, 0.3) is 22.4 Å². The Bertz CT molecular complexity index is 1800. The van der Waals surface area contributed by atoms with E-state index in [0.29, 0.717) is 45.2 Å². The fourth-order valence-corrected chi connectivity index (χ4v) is 4.83. The lowest BCUT2D eigenvalue weighted by atomic mass is 10.1. The van der Waals surface area contributed by atoms with Crippen LogP contribution in [-0.2, 0) is 4.74 Å². The molecule has 5 heterocycles. The van der Waals surface area contributed by atoms with E-state index in [1.165, 1.54) is 18.6 Å². The van der Waals surface area contributed by atoms with Crippen LogP contribution in [0, 0.1) is 25.2 Å². The van der Waals surface area contributed by atoms with Gasteiger partial charge in [0.15, 0.2) is 5.65 Å². The zero-order chi connectivity index (χ0) is 28.3. The second kappa shape index (κ2) is 11.1. The number of pyridine rings is 2. The molecule has 1 aromatic carbocycles. The number of imidazole rings is 1. The zero-order valence-corrected chi connectivity index (χ0v) is 22.6. The molecule has 1 amide bonds. The fourth-order valence-electron chi connectivity index (χ4n) is 4.83. The van der Waals surface area contributed by atoms with Crippen LogP contribution >= 0.6 is 0 Å². The molecule has 41 heavy (non-hydrogen) atoms. The van der Waals surface area contributed by atoms with Gasteiger partial charge in [-0.05, 0) is 69.0 Å². The lowest BCUT2D eigenvalue weighted by molar-refractivity contribution is -0.0298. The van der Waals surface area contributed by atoms with E-state index in [1.54, 1.807) is 19.4 Å². The largest absolute Gasteiger partial charge is 0.358 e. The van der Waals surface area contributed by atoms with Gasteiger partial charge in [0.05, 0.1) is 23.1 Å². The predicted molar refractivity (Wildman–Crippen MR) is 153 cm³/mol. The first-order valence-electron chi connectivity index (χ1n) is 13.3. The van der Waals surface area contributed by atoms with E-state index in [4.69, 9.17) is 4.74 Å². The molecule has 6 rings (SSSR count). The van der Waals surface area contributed by atoms with E-state index < -0.39 is 0 Å². The molecule has 0 spiro atoms. The number of nitrogens with one attached hydrogen (secondary N) is 2. The van der Waals surface area contributed by atoms with E-state index in [2.05, 4.69) is 41.6 Å². The van der Waals surface area contributed by atoms with E-state index >= 15 is 0 Å². The smallest absolute Gasteiger partial charge is 0.257 e. The summed E-state index contributed by atoms with van der Waals surface area (Å²) in [6.45, 7) is 4.42. The van der Waals surface area contributed by atoms with Gasteiger partial charge in [0, 0.05) is 35.9 Å². The minimum atomic E-state index is -0.358. The van der Waals surface area contributed by atoms with Gasteiger partial charge in [0.25, 0.3) is 5.91 Å². The van der Waals surface area contributed by atoms with Crippen LogP contribution in [0.15, 0.2) is 61.4 Å². The highest BCUT2D eigenvalue weighted by molar-refractivity contribution is 6.04. The summed E-state index contributed by atoms with van der Waals surface area (Å²) in [5, 5.41) is 15.6. The topological polar surface area (TPSA) is 144 Å². The second-order valence-electron chi connectivity index (χ2n) is 9.84. The van der Waals surface area contributed by atoms with Gasteiger partial charge >= 0.3 is 0 Å². The SMILES string of the molecule is Cc1ccc(NC(=O)c2cnc(C)c(C#N)c2)cc1Nc1ncccc1-c1ncnc2c1ncn2C1CCCCO1. The number of aromatic nitrogens is 6. The first kappa shape index (κ1) is 26.0. The van der Waals surface area contributed by atoms with Gasteiger partial charge in [0.2, 0.25) is 0 Å². The van der Waals surface area contributed by atoms with Crippen molar-refractivity contribution in [1.29, 1.82) is 5.26 Å². The zero-order valence-electron chi connectivity index (χ0n) is 22.6. The minimum Gasteiger partial charge on any atom is -0.358 e. The van der Waals surface area contributed by atoms with Gasteiger partial charge in [-0.2, -0.15) is 5.26 Å². The Labute approximate surface area is 236 Å². The van der Waals surface area contributed by atoms with Crippen molar-refractivity contribution < 1.29 is 9.53 Å². The molecular formula is C30H27N9O2. The summed E-state index contributed by atoms with van der Waals surface area (Å²) in [6.07, 6.45) is 9.45. The molecule has 0 aliphatic carbocycles. The maximum absolute atomic E-state index is 12.9. The van der Waals surface area contributed by atoms with Gasteiger partial charge in [-0.3, -0.25) is 14.3 Å². The van der Waals surface area contributed by atoms with Crippen molar-refractivity contribution in [3.63, 3.8) is 0 Å². The Kier molecular flexibility index (Phi) is 7.06. The molecule has 204 valence electrons. The maximum atomic E-state index is 12.9. The van der Waals surface area contributed by atoms with Crippen LogP contribution in [0.5, 0.6) is 0 Å². The van der Waals surface area contributed by atoms with Crippen molar-refractivity contribution in [3.05, 3.63) is 83.8 Å². The lowest BCUT2D eigenvalue weighted by Crippen LogP contribution is -2.17. The lowest BCUT2D eigenvalue weighted by Gasteiger charge is -2.23. The summed E-state index contributed by atoms with van der Waals surface area (Å²) >= 11 is 0. The molecule has 0 bridgehead atoms. The van der Waals surface area contributed by atoms with Crippen LogP contribution in [0.2, 0.25) is 0 Å². The average molecular weight is 546 g/mol. The quantitative estimate of drug-likeness (QED) is 0.284. The van der Waals surface area contributed by atoms with E-state index in [9.17, 15) is 10.1 Å². The fraction of sp³-hybridized carbons (Fsp3) is 0.233. The van der Waals surface area contributed by atoms with Crippen molar-refractivity contribution in [2.45, 2.75) is 39.3 Å². The molecule has 11 heteroatoms. The van der Waals surface area contributed by atoms with Crippen molar-refractivity contribution >= 4 is 34.3 Å². The standard InChI is InChI=1S/C30H27N9O2/c1-18-8-9-22(37-30(40)21-12-20(14-31)19(2)33-15-21)13-24(18)38-28-23(6-5-10-32-28)26-27-29(35-16-34-26)39(17-36-27)25-7-3-4-11-41-25/h5-6,8-10,12-13,15-17,25H,3-4,7,11H2,1-2H3,(H,32,38)(H,37,40). The number of hydrogen-bond donors (Lipinski definition) is 2. The number of hydrogen-bond acceptors (Lipinski definition) is 9. The highest BCUT2D eigenvalue weighted by Crippen LogP contribution is 2.34. The summed E-state index contributed by atoms with van der Waals surface area (Å²) in [5.74, 6) is 0.229. The van der Waals surface area contributed by atoms with Crippen LogP contribution < -0.4 is 10.6 Å². The van der Waals surface area contributed by atoms with E-state index in [1.807, 2.05) is 41.8 Å². The first-order chi connectivity index (χ1) is 20.0. The molecule has 0 saturated carbocycles. The first-order valence-corrected chi connectivity index (χ1v) is 13.3. The van der Waals surface area contributed by atoms with Gasteiger partial charge < -0.3 is 15.4 Å². The minimum absolute atomic E-state index is 0.0919. The summed E-state index contributed by atoms with van der Waals surface area (Å²) in [6, 6.07) is 13.0. The Morgan fingerprint density at radius 3 is 2.83 bits per heavy atom. The van der Waals surface area contributed by atoms with Gasteiger partial charge in [-0.25, -0.2) is 19.9 Å². The number of rotatable bonds is 6. The van der Waals surface area contributed by atoms with Crippen molar-refractivity contribution in [3.8, 4) is 17.3 Å². The number of amides is 1. The van der Waals surface area contributed by atoms with Crippen molar-refractivity contribution in [2.75, 3.05) is 17.2 Å². The van der Waals surface area contributed by atoms with Gasteiger partial charge in [0.1, 0.15) is 35.7 Å². The highest BCUT2D eigenvalue weighted by atomic mass is 16.5. The van der Waals surface area contributed by atoms with Gasteiger partial charge in [-0.1, -0.05) is 6.07 Å². The van der Waals surface area contributed by atoms with Crippen LogP contribution in [0.4, 0.5) is 17.2 Å². The molecule has 5 aromatic rings. The van der Waals surface area contributed by atoms with Crippen LogP contribution in [0.1, 0.15) is 52.7 Å². The molecular weight excluding hydrogens is 518 g/mol. The number of carbonyl (C=O) groups excluding carboxylic acids is 1. The van der Waals surface area contributed by atoms with E-state index in [-0.39, 0.29) is 12.1 Å². The number of aryl methyl sites for hydroxylation is 2. The molecule has 11 nitrogen and oxygen atoms in total. The molecule has 1 saturated heterocycles. The monoisotopic (exact) mass is 545 g/mol. The second-order valence-corrected chi connectivity index (χ2v) is 9.84. The molecule has 1 unspecified atom stereocenters. The molecule has 1 aliphatic heterocycles. The number of benzene rings is 1. The number of fused-ring (bicyclic) bond motifs is 1. The number of nitrogens with zero attached hydrogens (tertiary/aromatic N) is 7. The summed E-state index contributed by atoms with van der Waals surface area (Å²) < 4.78 is 7.94. The van der Waals surface area contributed by atoms with E-state index in [0.717, 1.165) is 42.7 Å². The Hall–Kier alpha value is -5.21. The van der Waals surface area contributed by atoms with Crippen LogP contribution in [-0.4, -0.2) is 42.0 Å². The summed E-state index contributed by atoms with van der Waals surface area (Å²) in [5.41, 5.74) is 6.33. The highest BCUT2D eigenvalue weighted by Gasteiger charge is 2.22. The van der Waals surface area contributed by atoms with Crippen molar-refractivity contribution in [1.82, 2.24) is 29.5 Å². The summed E-state index contributed by atoms with van der Waals surface area (Å²) in [7, 11) is 0. The Morgan fingerprint density at radius 2 is 2.00 bits per heavy atom. The van der Waals surface area contributed by atoms with Crippen molar-refractivity contribution in [2.24, 2.45) is 0 Å². The average Bonchev–Trinajstić information content (AvgIpc) is 3.44. The molecule has 1 aliphatic rings. The summed E-state index contributed by atoms with van der Waals surface area (Å²) in [4.78, 5) is 35.4. The Balaban J connectivity index is 1.30. The molecule has 2 N–H and O–H groups in total. The number of ether oxygens (including phenoxy) is 1. The molecule has 4 aromatic heterocycles. The van der Waals surface area contributed by atoms with Gasteiger partial charge in [-0.15, -0.1) is 0 Å². The molecule has 0 radical (unpaired) electrons. The normalized spacial score (nSPS) is 14.9. The number of carbonyl (C=O) groups is 1.